The minimum atomic E-state index is -1.07. The second-order valence-corrected chi connectivity index (χ2v) is 3.96. The molecule has 0 fully saturated rings. The Morgan fingerprint density at radius 1 is 1.46 bits per heavy atom. The normalized spacial score (nSPS) is 13.5. The molecule has 0 radical (unpaired) electrons. The predicted molar refractivity (Wildman–Crippen MR) is 48.1 cm³/mol. The van der Waals surface area contributed by atoms with E-state index in [1.54, 1.807) is 0 Å². The van der Waals surface area contributed by atoms with E-state index in [4.69, 9.17) is 10.8 Å². The number of carbonyl (C=O) groups excluding carboxylic acids is 1. The molecule has 0 aromatic carbocycles. The predicted octanol–water partition coefficient (Wildman–Crippen LogP) is -0.439. The minimum Gasteiger partial charge on any atom is -0.480 e. The van der Waals surface area contributed by atoms with Crippen molar-refractivity contribution in [3.05, 3.63) is 0 Å². The fraction of sp³-hybridized carbons (Fsp3) is 0.750. The van der Waals surface area contributed by atoms with Crippen LogP contribution in [0.2, 0.25) is 0 Å². The average Bonchev–Trinajstić information content (AvgIpc) is 1.96. The first-order valence-corrected chi connectivity index (χ1v) is 4.00. The number of nitrogens with one attached hydrogen (secondary N) is 1. The van der Waals surface area contributed by atoms with Crippen molar-refractivity contribution < 1.29 is 14.7 Å². The molecular weight excluding hydrogens is 172 g/mol. The number of hydrogen-bond donors (Lipinski definition) is 3. The maximum atomic E-state index is 11.2. The molecule has 1 amide bonds. The molecule has 0 unspecified atom stereocenters. The van der Waals surface area contributed by atoms with Crippen LogP contribution in [-0.4, -0.2) is 29.6 Å². The van der Waals surface area contributed by atoms with E-state index in [1.807, 2.05) is 20.8 Å². The van der Waals surface area contributed by atoms with Gasteiger partial charge < -0.3 is 16.2 Å². The Bertz CT molecular complexity index is 208. The van der Waals surface area contributed by atoms with Crippen molar-refractivity contribution in [2.45, 2.75) is 26.8 Å². The molecule has 4 N–H and O–H groups in total. The van der Waals surface area contributed by atoms with Gasteiger partial charge >= 0.3 is 5.97 Å². The summed E-state index contributed by atoms with van der Waals surface area (Å²) in [5.74, 6) is -1.51. The average molecular weight is 188 g/mol. The molecule has 0 aromatic rings. The van der Waals surface area contributed by atoms with Gasteiger partial charge in [-0.2, -0.15) is 0 Å². The molecule has 5 heteroatoms. The lowest BCUT2D eigenvalue weighted by molar-refractivity contribution is -0.138. The van der Waals surface area contributed by atoms with Crippen LogP contribution >= 0.6 is 0 Å². The fourth-order valence-corrected chi connectivity index (χ4v) is 0.666. The molecule has 1 atom stereocenters. The summed E-state index contributed by atoms with van der Waals surface area (Å²) in [6.07, 6.45) is 0. The standard InChI is InChI=1S/C8H16N2O3/c1-8(2,3)6(9)7(13)10-4-5(11)12/h6H,4,9H2,1-3H3,(H,10,13)(H,11,12)/t6-/m1/s1. The van der Waals surface area contributed by atoms with Crippen LogP contribution in [0.25, 0.3) is 0 Å². The van der Waals surface area contributed by atoms with Gasteiger partial charge in [-0.05, 0) is 5.41 Å². The first-order chi connectivity index (χ1) is 5.75. The molecule has 0 saturated carbocycles. The summed E-state index contributed by atoms with van der Waals surface area (Å²) >= 11 is 0. The van der Waals surface area contributed by atoms with Gasteiger partial charge in [0.25, 0.3) is 0 Å². The van der Waals surface area contributed by atoms with Crippen LogP contribution in [0.15, 0.2) is 0 Å². The van der Waals surface area contributed by atoms with Crippen molar-refractivity contribution in [3.8, 4) is 0 Å². The van der Waals surface area contributed by atoms with E-state index >= 15 is 0 Å². The Kier molecular flexibility index (Phi) is 3.87. The first-order valence-electron chi connectivity index (χ1n) is 4.00. The Balaban J connectivity index is 4.05. The number of carbonyl (C=O) groups is 2. The molecule has 0 saturated heterocycles. The number of carboxylic acids is 1. The number of amides is 1. The van der Waals surface area contributed by atoms with Crippen molar-refractivity contribution in [1.29, 1.82) is 0 Å². The SMILES string of the molecule is CC(C)(C)[C@H](N)C(=O)NCC(=O)O. The Morgan fingerprint density at radius 3 is 2.23 bits per heavy atom. The summed E-state index contributed by atoms with van der Waals surface area (Å²) in [4.78, 5) is 21.3. The summed E-state index contributed by atoms with van der Waals surface area (Å²) < 4.78 is 0. The molecule has 0 spiro atoms. The number of aliphatic carboxylic acids is 1. The summed E-state index contributed by atoms with van der Waals surface area (Å²) in [5.41, 5.74) is 5.22. The van der Waals surface area contributed by atoms with Gasteiger partial charge in [0, 0.05) is 0 Å². The van der Waals surface area contributed by atoms with Crippen molar-refractivity contribution in [1.82, 2.24) is 5.32 Å². The Hall–Kier alpha value is -1.10. The van der Waals surface area contributed by atoms with Crippen LogP contribution in [0.5, 0.6) is 0 Å². The van der Waals surface area contributed by atoms with E-state index in [0.29, 0.717) is 0 Å². The van der Waals surface area contributed by atoms with E-state index in [2.05, 4.69) is 5.32 Å². The van der Waals surface area contributed by atoms with Crippen molar-refractivity contribution in [2.24, 2.45) is 11.1 Å². The van der Waals surface area contributed by atoms with Gasteiger partial charge in [0.05, 0.1) is 6.04 Å². The van der Waals surface area contributed by atoms with Gasteiger partial charge in [0.15, 0.2) is 0 Å². The van der Waals surface area contributed by atoms with E-state index in [1.165, 1.54) is 0 Å². The highest BCUT2D eigenvalue weighted by Gasteiger charge is 2.27. The van der Waals surface area contributed by atoms with Crippen molar-refractivity contribution >= 4 is 11.9 Å². The molecule has 0 heterocycles. The molecule has 0 aromatic heterocycles. The van der Waals surface area contributed by atoms with Crippen LogP contribution in [0.3, 0.4) is 0 Å². The van der Waals surface area contributed by atoms with Gasteiger partial charge in [-0.1, -0.05) is 20.8 Å². The van der Waals surface area contributed by atoms with Gasteiger partial charge in [0.2, 0.25) is 5.91 Å². The maximum Gasteiger partial charge on any atom is 0.322 e. The van der Waals surface area contributed by atoms with Crippen molar-refractivity contribution in [3.63, 3.8) is 0 Å². The van der Waals surface area contributed by atoms with E-state index in [9.17, 15) is 9.59 Å². The summed E-state index contributed by atoms with van der Waals surface area (Å²) in [7, 11) is 0. The largest absolute Gasteiger partial charge is 0.480 e. The first kappa shape index (κ1) is 11.9. The monoisotopic (exact) mass is 188 g/mol. The molecule has 76 valence electrons. The smallest absolute Gasteiger partial charge is 0.322 e. The van der Waals surface area contributed by atoms with Crippen LogP contribution in [-0.2, 0) is 9.59 Å². The third kappa shape index (κ3) is 4.47. The number of rotatable bonds is 3. The highest BCUT2D eigenvalue weighted by Crippen LogP contribution is 2.16. The minimum absolute atomic E-state index is 0.359. The van der Waals surface area contributed by atoms with Crippen LogP contribution < -0.4 is 11.1 Å². The molecule has 0 aliphatic rings. The molecule has 0 aliphatic carbocycles. The van der Waals surface area contributed by atoms with Gasteiger partial charge in [-0.15, -0.1) is 0 Å². The lowest BCUT2D eigenvalue weighted by Gasteiger charge is -2.25. The van der Waals surface area contributed by atoms with E-state index in [0.717, 1.165) is 0 Å². The van der Waals surface area contributed by atoms with E-state index < -0.39 is 17.9 Å². The zero-order valence-electron chi connectivity index (χ0n) is 8.13. The van der Waals surface area contributed by atoms with Gasteiger partial charge in [-0.25, -0.2) is 0 Å². The van der Waals surface area contributed by atoms with Crippen LogP contribution in [0.1, 0.15) is 20.8 Å². The number of carboxylic acid groups (broad SMARTS) is 1. The third-order valence-corrected chi connectivity index (χ3v) is 1.63. The summed E-state index contributed by atoms with van der Waals surface area (Å²) in [6.45, 7) is 5.07. The molecular formula is C8H16N2O3. The second kappa shape index (κ2) is 4.23. The maximum absolute atomic E-state index is 11.2. The Morgan fingerprint density at radius 2 is 1.92 bits per heavy atom. The summed E-state index contributed by atoms with van der Waals surface area (Å²) in [5, 5.41) is 10.5. The third-order valence-electron chi connectivity index (χ3n) is 1.63. The zero-order chi connectivity index (χ0) is 10.6. The quantitative estimate of drug-likeness (QED) is 0.560. The molecule has 5 nitrogen and oxygen atoms in total. The van der Waals surface area contributed by atoms with Crippen molar-refractivity contribution in [2.75, 3.05) is 6.54 Å². The number of nitrogens with two attached hydrogens (primary N) is 1. The molecule has 0 rings (SSSR count). The summed E-state index contributed by atoms with van der Waals surface area (Å²) in [6, 6.07) is -0.688. The van der Waals surface area contributed by atoms with Gasteiger partial charge in [-0.3, -0.25) is 9.59 Å². The highest BCUT2D eigenvalue weighted by molar-refractivity contribution is 5.85. The number of hydrogen-bond acceptors (Lipinski definition) is 3. The van der Waals surface area contributed by atoms with E-state index in [-0.39, 0.29) is 12.0 Å². The second-order valence-electron chi connectivity index (χ2n) is 3.96. The molecule has 0 bridgehead atoms. The lowest BCUT2D eigenvalue weighted by Crippen LogP contribution is -2.49. The Labute approximate surface area is 77.3 Å². The van der Waals surface area contributed by atoms with Gasteiger partial charge in [0.1, 0.15) is 6.54 Å². The van der Waals surface area contributed by atoms with Crippen LogP contribution in [0.4, 0.5) is 0 Å². The topological polar surface area (TPSA) is 92.4 Å². The fourth-order valence-electron chi connectivity index (χ4n) is 0.666. The highest BCUT2D eigenvalue weighted by atomic mass is 16.4. The molecule has 13 heavy (non-hydrogen) atoms. The lowest BCUT2D eigenvalue weighted by atomic mass is 9.87. The van der Waals surface area contributed by atoms with Crippen LogP contribution in [0, 0.1) is 5.41 Å². The zero-order valence-corrected chi connectivity index (χ0v) is 8.13. The molecule has 0 aliphatic heterocycles.